The van der Waals surface area contributed by atoms with Gasteiger partial charge >= 0.3 is 141 Å². The standard InChI is InChI=1S/3C7H7.Sn.H/c3*1-7-5-3-2-4-6-7;;/h3*3-6H,1H3;;/q;;;;-1. The molecule has 111 valence electrons. The molecule has 3 aromatic rings. The Kier molecular flexibility index (Phi) is 4.68. The van der Waals surface area contributed by atoms with Crippen molar-refractivity contribution in [2.24, 2.45) is 0 Å². The van der Waals surface area contributed by atoms with Crippen LogP contribution in [0.4, 0.5) is 0 Å². The summed E-state index contributed by atoms with van der Waals surface area (Å²) in [7, 11) is 0. The van der Waals surface area contributed by atoms with E-state index in [1.807, 2.05) is 0 Å². The van der Waals surface area contributed by atoms with Crippen molar-refractivity contribution in [3.63, 3.8) is 0 Å². The maximum atomic E-state index is 2.34. The second-order valence-electron chi connectivity index (χ2n) is 5.97. The molecular formula is C21H22Sn-. The van der Waals surface area contributed by atoms with Crippen molar-refractivity contribution in [2.75, 3.05) is 0 Å². The molecule has 0 saturated heterocycles. The Morgan fingerprint density at radius 1 is 0.455 bits per heavy atom. The fourth-order valence-electron chi connectivity index (χ4n) is 2.66. The van der Waals surface area contributed by atoms with Crippen LogP contribution in [0.15, 0.2) is 72.8 Å². The first kappa shape index (κ1) is 15.4. The van der Waals surface area contributed by atoms with E-state index < -0.39 is 19.8 Å². The number of aryl methyl sites for hydroxylation is 3. The molecule has 0 aromatic heterocycles. The summed E-state index contributed by atoms with van der Waals surface area (Å²) in [4.78, 5) is 0. The Balaban J connectivity index is 0.00000192. The molecule has 0 nitrogen and oxygen atoms in total. The van der Waals surface area contributed by atoms with Gasteiger partial charge in [-0.2, -0.15) is 0 Å². The Labute approximate surface area is 142 Å². The number of rotatable bonds is 3. The smallest absolute Gasteiger partial charge is 1.00 e. The van der Waals surface area contributed by atoms with Crippen LogP contribution in [-0.4, -0.2) is 19.8 Å². The first-order valence-corrected chi connectivity index (χ1v) is 12.0. The van der Waals surface area contributed by atoms with E-state index in [1.54, 1.807) is 10.7 Å². The van der Waals surface area contributed by atoms with Crippen molar-refractivity contribution in [3.05, 3.63) is 89.5 Å². The van der Waals surface area contributed by atoms with Crippen molar-refractivity contribution in [3.8, 4) is 0 Å². The van der Waals surface area contributed by atoms with Crippen LogP contribution in [0, 0.1) is 20.8 Å². The van der Waals surface area contributed by atoms with E-state index in [2.05, 4.69) is 93.6 Å². The van der Waals surface area contributed by atoms with Crippen molar-refractivity contribution in [2.45, 2.75) is 20.8 Å². The van der Waals surface area contributed by atoms with Crippen molar-refractivity contribution >= 4 is 30.5 Å². The zero-order valence-electron chi connectivity index (χ0n) is 14.4. The van der Waals surface area contributed by atoms with Gasteiger partial charge in [0.05, 0.1) is 0 Å². The molecule has 0 unspecified atom stereocenters. The molecule has 22 heavy (non-hydrogen) atoms. The third kappa shape index (κ3) is 3.44. The van der Waals surface area contributed by atoms with Crippen molar-refractivity contribution in [1.82, 2.24) is 0 Å². The van der Waals surface area contributed by atoms with E-state index in [9.17, 15) is 0 Å². The third-order valence-corrected chi connectivity index (χ3v) is 11.8. The van der Waals surface area contributed by atoms with Crippen LogP contribution in [-0.2, 0) is 0 Å². The van der Waals surface area contributed by atoms with E-state index in [0.29, 0.717) is 0 Å². The molecule has 0 fully saturated rings. The molecule has 1 radical (unpaired) electrons. The molecule has 3 rings (SSSR count). The Hall–Kier alpha value is -1.54. The second kappa shape index (κ2) is 6.70. The molecule has 0 aliphatic carbocycles. The van der Waals surface area contributed by atoms with Gasteiger partial charge in [-0.3, -0.25) is 0 Å². The average molecular weight is 393 g/mol. The number of benzene rings is 3. The normalized spacial score (nSPS) is 10.9. The van der Waals surface area contributed by atoms with Gasteiger partial charge in [0.2, 0.25) is 0 Å². The van der Waals surface area contributed by atoms with Gasteiger partial charge in [-0.1, -0.05) is 0 Å². The molecule has 0 N–H and O–H groups in total. The topological polar surface area (TPSA) is 0 Å². The average Bonchev–Trinajstić information content (AvgIpc) is 2.53. The molecule has 0 atom stereocenters. The Morgan fingerprint density at radius 2 is 0.682 bits per heavy atom. The fourth-order valence-corrected chi connectivity index (χ4v) is 9.80. The van der Waals surface area contributed by atoms with Gasteiger partial charge in [-0.05, 0) is 0 Å². The van der Waals surface area contributed by atoms with Crippen LogP contribution in [0.1, 0.15) is 18.1 Å². The van der Waals surface area contributed by atoms with Gasteiger partial charge in [0.1, 0.15) is 0 Å². The summed E-state index contributed by atoms with van der Waals surface area (Å²) in [6.07, 6.45) is 0. The van der Waals surface area contributed by atoms with Crippen LogP contribution in [0.25, 0.3) is 0 Å². The van der Waals surface area contributed by atoms with Crippen LogP contribution in [0.5, 0.6) is 0 Å². The Bertz CT molecular complexity index is 635. The fraction of sp³-hybridized carbons (Fsp3) is 0.143. The molecular weight excluding hydrogens is 371 g/mol. The minimum absolute atomic E-state index is 0. The number of hydrogen-bond donors (Lipinski definition) is 0. The van der Waals surface area contributed by atoms with E-state index in [0.717, 1.165) is 0 Å². The largest absolute Gasteiger partial charge is 1.00 e. The summed E-state index contributed by atoms with van der Waals surface area (Å²) >= 11 is -2.06. The molecule has 0 heterocycles. The molecule has 0 saturated carbocycles. The molecule has 0 spiro atoms. The van der Waals surface area contributed by atoms with Gasteiger partial charge in [0.25, 0.3) is 0 Å². The summed E-state index contributed by atoms with van der Waals surface area (Å²) in [5.74, 6) is 0. The Morgan fingerprint density at radius 3 is 0.909 bits per heavy atom. The van der Waals surface area contributed by atoms with Crippen LogP contribution < -0.4 is 10.7 Å². The van der Waals surface area contributed by atoms with Gasteiger partial charge in [0.15, 0.2) is 0 Å². The summed E-state index contributed by atoms with van der Waals surface area (Å²) in [6.45, 7) is 6.47. The minimum atomic E-state index is -2.06. The van der Waals surface area contributed by atoms with Gasteiger partial charge in [-0.25, -0.2) is 0 Å². The van der Waals surface area contributed by atoms with Crippen LogP contribution >= 0.6 is 0 Å². The molecule has 0 aliphatic heterocycles. The molecule has 1 heteroatoms. The van der Waals surface area contributed by atoms with E-state index in [-0.39, 0.29) is 1.43 Å². The summed E-state index contributed by atoms with van der Waals surface area (Å²) < 4.78 is 4.63. The predicted molar refractivity (Wildman–Crippen MR) is 99.3 cm³/mol. The minimum Gasteiger partial charge on any atom is -1.00 e. The molecule has 0 bridgehead atoms. The van der Waals surface area contributed by atoms with Crippen molar-refractivity contribution < 1.29 is 1.43 Å². The maximum Gasteiger partial charge on any atom is -1.00 e. The third-order valence-electron chi connectivity index (χ3n) is 4.02. The van der Waals surface area contributed by atoms with E-state index in [4.69, 9.17) is 0 Å². The zero-order chi connectivity index (χ0) is 15.5. The first-order valence-electron chi connectivity index (χ1n) is 7.71. The molecule has 3 aromatic carbocycles. The monoisotopic (exact) mass is 394 g/mol. The van der Waals surface area contributed by atoms with Crippen molar-refractivity contribution in [1.29, 1.82) is 0 Å². The summed E-state index contributed by atoms with van der Waals surface area (Å²) in [5, 5.41) is 0. The SMILES string of the molecule is Cc1cc[c]([Sn]([c]2ccc(C)cc2)[c]2ccc(C)cc2)cc1.[H-]. The summed E-state index contributed by atoms with van der Waals surface area (Å²) in [5.41, 5.74) is 4.00. The van der Waals surface area contributed by atoms with E-state index >= 15 is 0 Å². The quantitative estimate of drug-likeness (QED) is 0.600. The van der Waals surface area contributed by atoms with Gasteiger partial charge in [-0.15, -0.1) is 0 Å². The zero-order valence-corrected chi connectivity index (χ0v) is 16.3. The second-order valence-corrected chi connectivity index (χ2v) is 13.1. The van der Waals surface area contributed by atoms with E-state index in [1.165, 1.54) is 16.7 Å². The first-order chi connectivity index (χ1) is 10.6. The van der Waals surface area contributed by atoms with Crippen LogP contribution in [0.3, 0.4) is 0 Å². The van der Waals surface area contributed by atoms with Gasteiger partial charge in [0, 0.05) is 0 Å². The van der Waals surface area contributed by atoms with Gasteiger partial charge < -0.3 is 1.43 Å². The van der Waals surface area contributed by atoms with Crippen LogP contribution in [0.2, 0.25) is 0 Å². The molecule has 0 aliphatic rings. The summed E-state index contributed by atoms with van der Waals surface area (Å²) in [6, 6.07) is 27.5. The number of hydrogen-bond acceptors (Lipinski definition) is 0. The maximum absolute atomic E-state index is 2.34. The molecule has 0 amide bonds. The predicted octanol–water partition coefficient (Wildman–Crippen LogP) is 3.24.